The number of rotatable bonds is 7. The van der Waals surface area contributed by atoms with Gasteiger partial charge in [-0.25, -0.2) is 9.78 Å². The fourth-order valence-corrected chi connectivity index (χ4v) is 6.34. The monoisotopic (exact) mass is 558 g/mol. The second kappa shape index (κ2) is 11.7. The minimum Gasteiger partial charge on any atom is -0.453 e. The Kier molecular flexibility index (Phi) is 8.15. The second-order valence-electron chi connectivity index (χ2n) is 9.69. The zero-order chi connectivity index (χ0) is 26.6. The molecule has 1 saturated carbocycles. The van der Waals surface area contributed by atoms with Crippen LogP contribution in [-0.2, 0) is 17.7 Å². The van der Waals surface area contributed by atoms with E-state index < -0.39 is 6.09 Å². The average Bonchev–Trinajstić information content (AvgIpc) is 3.53. The number of ether oxygens (including phenoxy) is 1. The molecule has 0 radical (unpaired) electrons. The summed E-state index contributed by atoms with van der Waals surface area (Å²) in [7, 11) is 1.34. The van der Waals surface area contributed by atoms with Crippen LogP contribution in [0.1, 0.15) is 56.5 Å². The number of hydrogen-bond donors (Lipinski definition) is 4. The number of aromatic amines is 1. The zero-order valence-electron chi connectivity index (χ0n) is 21.1. The summed E-state index contributed by atoms with van der Waals surface area (Å²) in [6, 6.07) is 6.92. The van der Waals surface area contributed by atoms with Crippen molar-refractivity contribution in [3.63, 3.8) is 0 Å². The van der Waals surface area contributed by atoms with Gasteiger partial charge in [0.05, 0.1) is 12.8 Å². The third kappa shape index (κ3) is 6.11. The van der Waals surface area contributed by atoms with Gasteiger partial charge in [-0.1, -0.05) is 24.4 Å². The molecule has 0 spiro atoms. The van der Waals surface area contributed by atoms with Crippen LogP contribution in [-0.4, -0.2) is 71.6 Å². The fourth-order valence-electron chi connectivity index (χ4n) is 5.10. The molecular formula is C26H31ClN6O4S. The molecule has 1 aliphatic carbocycles. The predicted molar refractivity (Wildman–Crippen MR) is 146 cm³/mol. The second-order valence-corrected chi connectivity index (χ2v) is 11.2. The molecule has 38 heavy (non-hydrogen) atoms. The van der Waals surface area contributed by atoms with E-state index in [0.717, 1.165) is 60.1 Å². The molecule has 1 aliphatic heterocycles. The van der Waals surface area contributed by atoms with Crippen molar-refractivity contribution >= 4 is 51.7 Å². The highest BCUT2D eigenvalue weighted by Gasteiger charge is 2.30. The molecule has 0 bridgehead atoms. The topological polar surface area (TPSA) is 128 Å². The first kappa shape index (κ1) is 26.5. The highest BCUT2D eigenvalue weighted by Crippen LogP contribution is 2.26. The molecule has 1 aromatic carbocycles. The first-order valence-electron chi connectivity index (χ1n) is 12.8. The Hall–Kier alpha value is -3.15. The lowest BCUT2D eigenvalue weighted by atomic mass is 9.90. The number of nitrogens with one attached hydrogen (secondary N) is 4. The number of fused-ring (bicyclic) bond motifs is 2. The molecule has 0 unspecified atom stereocenters. The molecule has 10 nitrogen and oxygen atoms in total. The lowest BCUT2D eigenvalue weighted by Gasteiger charge is -2.32. The summed E-state index contributed by atoms with van der Waals surface area (Å²) in [4.78, 5) is 48.5. The first-order chi connectivity index (χ1) is 18.4. The van der Waals surface area contributed by atoms with Crippen LogP contribution in [0, 0.1) is 0 Å². The summed E-state index contributed by atoms with van der Waals surface area (Å²) in [5.74, 6) is -0.398. The molecular weight excluding hydrogens is 528 g/mol. The predicted octanol–water partition coefficient (Wildman–Crippen LogP) is 3.46. The zero-order valence-corrected chi connectivity index (χ0v) is 22.7. The van der Waals surface area contributed by atoms with Gasteiger partial charge in [0, 0.05) is 65.5 Å². The van der Waals surface area contributed by atoms with Crippen molar-refractivity contribution in [1.29, 1.82) is 0 Å². The van der Waals surface area contributed by atoms with Crippen molar-refractivity contribution in [2.24, 2.45) is 0 Å². The lowest BCUT2D eigenvalue weighted by molar-refractivity contribution is 0.0860. The van der Waals surface area contributed by atoms with E-state index in [1.807, 2.05) is 12.1 Å². The number of amides is 3. The van der Waals surface area contributed by atoms with Crippen molar-refractivity contribution in [1.82, 2.24) is 30.8 Å². The van der Waals surface area contributed by atoms with Gasteiger partial charge in [-0.2, -0.15) is 0 Å². The van der Waals surface area contributed by atoms with Crippen LogP contribution in [0.3, 0.4) is 0 Å². The Balaban J connectivity index is 1.19. The van der Waals surface area contributed by atoms with E-state index in [9.17, 15) is 14.4 Å². The largest absolute Gasteiger partial charge is 0.453 e. The highest BCUT2D eigenvalue weighted by molar-refractivity contribution is 7.13. The number of methoxy groups -OCH3 is 1. The van der Waals surface area contributed by atoms with Crippen LogP contribution in [0.4, 0.5) is 4.79 Å². The van der Waals surface area contributed by atoms with Crippen molar-refractivity contribution in [3.8, 4) is 0 Å². The highest BCUT2D eigenvalue weighted by atomic mass is 35.5. The summed E-state index contributed by atoms with van der Waals surface area (Å²) in [5, 5.41) is 10.9. The van der Waals surface area contributed by atoms with E-state index in [1.54, 1.807) is 12.1 Å². The third-order valence-electron chi connectivity index (χ3n) is 7.11. The maximum atomic E-state index is 13.2. The Morgan fingerprint density at radius 2 is 1.92 bits per heavy atom. The fraction of sp³-hybridized carbons (Fsp3) is 0.462. The Labute approximate surface area is 229 Å². The molecule has 1 fully saturated rings. The minimum atomic E-state index is -0.442. The van der Waals surface area contributed by atoms with Gasteiger partial charge in [-0.15, -0.1) is 11.3 Å². The Morgan fingerprint density at radius 3 is 2.68 bits per heavy atom. The quantitative estimate of drug-likeness (QED) is 0.351. The molecule has 4 N–H and O–H groups in total. The van der Waals surface area contributed by atoms with Crippen molar-refractivity contribution in [3.05, 3.63) is 50.6 Å². The van der Waals surface area contributed by atoms with Crippen LogP contribution >= 0.6 is 22.9 Å². The number of carbonyl (C=O) groups excluding carboxylic acids is 3. The number of nitrogens with zero attached hydrogens (tertiary/aromatic N) is 2. The maximum absolute atomic E-state index is 13.2. The van der Waals surface area contributed by atoms with Crippen LogP contribution in [0.5, 0.6) is 0 Å². The molecule has 12 heteroatoms. The molecule has 0 saturated heterocycles. The van der Waals surface area contributed by atoms with Gasteiger partial charge in [0.1, 0.15) is 5.69 Å². The van der Waals surface area contributed by atoms with Crippen LogP contribution in [0.2, 0.25) is 5.02 Å². The Bertz CT molecular complexity index is 1340. The van der Waals surface area contributed by atoms with Gasteiger partial charge in [0.15, 0.2) is 5.01 Å². The van der Waals surface area contributed by atoms with E-state index >= 15 is 0 Å². The summed E-state index contributed by atoms with van der Waals surface area (Å²) < 4.78 is 4.61. The summed E-state index contributed by atoms with van der Waals surface area (Å²) in [6.07, 6.45) is 3.89. The lowest BCUT2D eigenvalue weighted by Crippen LogP contribution is -2.53. The Morgan fingerprint density at radius 1 is 1.16 bits per heavy atom. The number of carbonyl (C=O) groups is 3. The minimum absolute atomic E-state index is 0.164. The number of alkyl carbamates (subject to hydrolysis) is 1. The van der Waals surface area contributed by atoms with Gasteiger partial charge in [0.25, 0.3) is 11.8 Å². The standard InChI is InChI=1S/C26H31ClN6O4S/c1-37-26(36)28-9-11-33-10-8-20-22(14-33)38-25(32-20)24(35)31-19-5-3-2-4-18(19)30-23(34)21-13-15-12-16(27)6-7-17(15)29-21/h6-7,12-13,18-19,29H,2-5,8-11,14H2,1H3,(H,28,36)(H,30,34)(H,31,35)/t18-,19+/m0/s1. The number of thiazole rings is 1. The molecule has 2 atom stereocenters. The number of hydrogen-bond acceptors (Lipinski definition) is 7. The van der Waals surface area contributed by atoms with E-state index in [0.29, 0.717) is 35.4 Å². The van der Waals surface area contributed by atoms with Crippen LogP contribution in [0.25, 0.3) is 10.9 Å². The molecule has 2 aliphatic rings. The van der Waals surface area contributed by atoms with E-state index in [4.69, 9.17) is 11.6 Å². The number of H-pyrrole nitrogens is 1. The smallest absolute Gasteiger partial charge is 0.406 e. The van der Waals surface area contributed by atoms with Crippen molar-refractivity contribution < 1.29 is 19.1 Å². The molecule has 5 rings (SSSR count). The van der Waals surface area contributed by atoms with Gasteiger partial charge >= 0.3 is 6.09 Å². The van der Waals surface area contributed by atoms with E-state index in [-0.39, 0.29) is 23.9 Å². The van der Waals surface area contributed by atoms with Gasteiger partial charge in [-0.3, -0.25) is 14.5 Å². The molecule has 3 aromatic rings. The summed E-state index contributed by atoms with van der Waals surface area (Å²) in [6.45, 7) is 2.70. The van der Waals surface area contributed by atoms with Gasteiger partial charge < -0.3 is 25.7 Å². The normalized spacial score (nSPS) is 19.5. The van der Waals surface area contributed by atoms with Gasteiger partial charge in [-0.05, 0) is 37.1 Å². The van der Waals surface area contributed by atoms with Crippen molar-refractivity contribution in [2.75, 3.05) is 26.7 Å². The summed E-state index contributed by atoms with van der Waals surface area (Å²) >= 11 is 7.49. The number of aromatic nitrogens is 2. The first-order valence-corrected chi connectivity index (χ1v) is 14.0. The molecule has 3 amide bonds. The molecule has 2 aromatic heterocycles. The van der Waals surface area contributed by atoms with Crippen LogP contribution < -0.4 is 16.0 Å². The van der Waals surface area contributed by atoms with Crippen molar-refractivity contribution in [2.45, 2.75) is 50.7 Å². The SMILES string of the molecule is COC(=O)NCCN1CCc2nc(C(=O)N[C@@H]3CCCC[C@@H]3NC(=O)c3cc4cc(Cl)ccc4[nH]3)sc2C1. The van der Waals surface area contributed by atoms with Crippen LogP contribution in [0.15, 0.2) is 24.3 Å². The summed E-state index contributed by atoms with van der Waals surface area (Å²) in [5.41, 5.74) is 2.28. The third-order valence-corrected chi connectivity index (χ3v) is 8.43. The molecule has 202 valence electrons. The van der Waals surface area contributed by atoms with E-state index in [2.05, 4.69) is 35.6 Å². The number of benzene rings is 1. The number of halogens is 1. The van der Waals surface area contributed by atoms with E-state index in [1.165, 1.54) is 18.4 Å². The van der Waals surface area contributed by atoms with Gasteiger partial charge in [0.2, 0.25) is 0 Å². The average molecular weight is 559 g/mol. The maximum Gasteiger partial charge on any atom is 0.406 e. The molecule has 3 heterocycles.